The van der Waals surface area contributed by atoms with Crippen LogP contribution in [-0.2, 0) is 14.8 Å². The molecular formula is C24H28N4O4S. The topological polar surface area (TPSA) is 110 Å². The van der Waals surface area contributed by atoms with Gasteiger partial charge in [-0.2, -0.15) is 0 Å². The van der Waals surface area contributed by atoms with Gasteiger partial charge in [0.2, 0.25) is 5.95 Å². The lowest BCUT2D eigenvalue weighted by molar-refractivity contribution is -0.122. The van der Waals surface area contributed by atoms with Crippen LogP contribution in [0.15, 0.2) is 53.4 Å². The fraction of sp³-hybridized carbons (Fsp3) is 0.292. The number of anilines is 2. The fourth-order valence-electron chi connectivity index (χ4n) is 3.16. The zero-order valence-corrected chi connectivity index (χ0v) is 20.2. The van der Waals surface area contributed by atoms with Crippen LogP contribution < -0.4 is 14.8 Å². The van der Waals surface area contributed by atoms with Gasteiger partial charge >= 0.3 is 0 Å². The number of amides is 1. The molecule has 2 N–H and O–H groups in total. The summed E-state index contributed by atoms with van der Waals surface area (Å²) in [6, 6.07) is 13.3. The normalized spacial score (nSPS) is 12.2. The van der Waals surface area contributed by atoms with Crippen LogP contribution in [0.25, 0.3) is 0 Å². The first-order valence-electron chi connectivity index (χ1n) is 10.6. The number of carbonyl (C=O) groups is 1. The van der Waals surface area contributed by atoms with Gasteiger partial charge in [-0.1, -0.05) is 13.0 Å². The summed E-state index contributed by atoms with van der Waals surface area (Å²) in [7, 11) is -3.87. The van der Waals surface area contributed by atoms with E-state index in [1.165, 1.54) is 24.3 Å². The molecule has 0 fully saturated rings. The van der Waals surface area contributed by atoms with Gasteiger partial charge in [-0.05, 0) is 87.7 Å². The maximum absolute atomic E-state index is 12.7. The van der Waals surface area contributed by atoms with Crippen LogP contribution in [0.1, 0.15) is 35.9 Å². The van der Waals surface area contributed by atoms with E-state index in [2.05, 4.69) is 20.0 Å². The van der Waals surface area contributed by atoms with E-state index in [1.807, 2.05) is 39.0 Å². The summed E-state index contributed by atoms with van der Waals surface area (Å²) in [5, 5.41) is 2.78. The van der Waals surface area contributed by atoms with Crippen LogP contribution in [0.3, 0.4) is 0 Å². The molecule has 0 aliphatic rings. The molecule has 1 heterocycles. The van der Waals surface area contributed by atoms with E-state index in [-0.39, 0.29) is 16.8 Å². The van der Waals surface area contributed by atoms with Crippen LogP contribution >= 0.6 is 0 Å². The molecule has 0 spiro atoms. The van der Waals surface area contributed by atoms with Gasteiger partial charge in [0, 0.05) is 17.1 Å². The Morgan fingerprint density at radius 2 is 1.58 bits per heavy atom. The Morgan fingerprint density at radius 1 is 0.939 bits per heavy atom. The minimum absolute atomic E-state index is 0.0131. The van der Waals surface area contributed by atoms with E-state index in [0.717, 1.165) is 11.1 Å². The van der Waals surface area contributed by atoms with Crippen LogP contribution in [0.4, 0.5) is 11.6 Å². The fourth-order valence-corrected chi connectivity index (χ4v) is 4.11. The molecule has 8 nitrogen and oxygen atoms in total. The Kier molecular flexibility index (Phi) is 7.33. The summed E-state index contributed by atoms with van der Waals surface area (Å²) < 4.78 is 33.6. The summed E-state index contributed by atoms with van der Waals surface area (Å²) in [6.45, 7) is 9.38. The average molecular weight is 469 g/mol. The quantitative estimate of drug-likeness (QED) is 0.510. The number of nitrogens with zero attached hydrogens (tertiary/aromatic N) is 2. The Labute approximate surface area is 194 Å². The lowest BCUT2D eigenvalue weighted by Crippen LogP contribution is -2.32. The second-order valence-electron chi connectivity index (χ2n) is 7.85. The van der Waals surface area contributed by atoms with Gasteiger partial charge in [-0.3, -0.25) is 4.79 Å². The predicted octanol–water partition coefficient (Wildman–Crippen LogP) is 4.31. The Hall–Kier alpha value is -3.46. The largest absolute Gasteiger partial charge is 0.481 e. The molecule has 3 rings (SSSR count). The molecule has 9 heteroatoms. The molecule has 174 valence electrons. The van der Waals surface area contributed by atoms with Crippen molar-refractivity contribution in [3.8, 4) is 5.75 Å². The number of nitrogens with one attached hydrogen (secondary N) is 2. The predicted molar refractivity (Wildman–Crippen MR) is 128 cm³/mol. The van der Waals surface area contributed by atoms with Crippen molar-refractivity contribution in [3.05, 3.63) is 71.0 Å². The van der Waals surface area contributed by atoms with Crippen LogP contribution in [0.5, 0.6) is 5.75 Å². The van der Waals surface area contributed by atoms with Gasteiger partial charge in [-0.25, -0.2) is 23.1 Å². The molecule has 0 aliphatic heterocycles. The molecule has 2 aromatic carbocycles. The molecule has 3 aromatic rings. The number of benzene rings is 2. The minimum Gasteiger partial charge on any atom is -0.481 e. The number of aromatic nitrogens is 2. The Balaban J connectivity index is 1.68. The Bertz CT molecular complexity index is 1240. The van der Waals surface area contributed by atoms with E-state index in [4.69, 9.17) is 4.74 Å². The first kappa shape index (κ1) is 24.2. The monoisotopic (exact) mass is 468 g/mol. The molecule has 33 heavy (non-hydrogen) atoms. The van der Waals surface area contributed by atoms with Gasteiger partial charge in [0.25, 0.3) is 15.9 Å². The van der Waals surface area contributed by atoms with E-state index in [1.54, 1.807) is 19.9 Å². The SMILES string of the molecule is CC[C@@H](Oc1ccc(C)c(C)c1)C(=O)Nc1ccc(S(=O)(=O)Nc2nc(C)cc(C)n2)cc1. The third kappa shape index (κ3) is 6.29. The van der Waals surface area contributed by atoms with Crippen LogP contribution in [0, 0.1) is 27.7 Å². The number of sulfonamides is 1. The number of aryl methyl sites for hydroxylation is 4. The van der Waals surface area contributed by atoms with Gasteiger partial charge < -0.3 is 10.1 Å². The minimum atomic E-state index is -3.87. The van der Waals surface area contributed by atoms with E-state index >= 15 is 0 Å². The average Bonchev–Trinajstić information content (AvgIpc) is 2.73. The number of hydrogen-bond donors (Lipinski definition) is 2. The maximum atomic E-state index is 12.7. The highest BCUT2D eigenvalue weighted by atomic mass is 32.2. The third-order valence-corrected chi connectivity index (χ3v) is 6.40. The molecule has 1 amide bonds. The molecule has 0 saturated carbocycles. The van der Waals surface area contributed by atoms with Crippen molar-refractivity contribution in [1.29, 1.82) is 0 Å². The molecule has 0 bridgehead atoms. The van der Waals surface area contributed by atoms with Gasteiger partial charge in [-0.15, -0.1) is 0 Å². The van der Waals surface area contributed by atoms with E-state index in [0.29, 0.717) is 29.2 Å². The van der Waals surface area contributed by atoms with E-state index < -0.39 is 16.1 Å². The first-order chi connectivity index (χ1) is 15.6. The summed E-state index contributed by atoms with van der Waals surface area (Å²) in [6.07, 6.45) is -0.204. The Morgan fingerprint density at radius 3 is 2.15 bits per heavy atom. The number of carbonyl (C=O) groups excluding carboxylic acids is 1. The molecule has 0 saturated heterocycles. The first-order valence-corrected chi connectivity index (χ1v) is 12.1. The zero-order valence-electron chi connectivity index (χ0n) is 19.3. The molecule has 0 unspecified atom stereocenters. The van der Waals surface area contributed by atoms with Crippen molar-refractivity contribution in [2.45, 2.75) is 52.0 Å². The highest BCUT2D eigenvalue weighted by Crippen LogP contribution is 2.20. The molecular weight excluding hydrogens is 440 g/mol. The lowest BCUT2D eigenvalue weighted by Gasteiger charge is -2.18. The summed E-state index contributed by atoms with van der Waals surface area (Å²) in [5.74, 6) is 0.327. The van der Waals surface area contributed by atoms with Crippen molar-refractivity contribution in [2.75, 3.05) is 10.0 Å². The lowest BCUT2D eigenvalue weighted by atomic mass is 10.1. The molecule has 0 radical (unpaired) electrons. The zero-order chi connectivity index (χ0) is 24.2. The second-order valence-corrected chi connectivity index (χ2v) is 9.54. The number of ether oxygens (including phenoxy) is 1. The molecule has 1 aromatic heterocycles. The number of rotatable bonds is 8. The smallest absolute Gasteiger partial charge is 0.265 e. The van der Waals surface area contributed by atoms with Crippen molar-refractivity contribution in [2.24, 2.45) is 0 Å². The number of hydrogen-bond acceptors (Lipinski definition) is 6. The van der Waals surface area contributed by atoms with Crippen molar-refractivity contribution >= 4 is 27.6 Å². The van der Waals surface area contributed by atoms with Crippen LogP contribution in [0.2, 0.25) is 0 Å². The van der Waals surface area contributed by atoms with Crippen molar-refractivity contribution in [1.82, 2.24) is 9.97 Å². The van der Waals surface area contributed by atoms with Crippen molar-refractivity contribution < 1.29 is 17.9 Å². The highest BCUT2D eigenvalue weighted by Gasteiger charge is 2.20. The molecule has 1 atom stereocenters. The molecule has 0 aliphatic carbocycles. The summed E-state index contributed by atoms with van der Waals surface area (Å²) in [4.78, 5) is 20.9. The summed E-state index contributed by atoms with van der Waals surface area (Å²) >= 11 is 0. The van der Waals surface area contributed by atoms with Gasteiger partial charge in [0.15, 0.2) is 6.10 Å². The van der Waals surface area contributed by atoms with Gasteiger partial charge in [0.1, 0.15) is 5.75 Å². The second kappa shape index (κ2) is 9.99. The van der Waals surface area contributed by atoms with E-state index in [9.17, 15) is 13.2 Å². The van der Waals surface area contributed by atoms with Crippen LogP contribution in [-0.4, -0.2) is 30.4 Å². The van der Waals surface area contributed by atoms with Crippen molar-refractivity contribution in [3.63, 3.8) is 0 Å². The van der Waals surface area contributed by atoms with Gasteiger partial charge in [0.05, 0.1) is 4.90 Å². The third-order valence-electron chi connectivity index (χ3n) is 5.06. The standard InChI is InChI=1S/C24H28N4O4S/c1-6-22(32-20-10-7-15(2)16(3)13-20)23(29)27-19-8-11-21(12-9-19)33(30,31)28-24-25-17(4)14-18(5)26-24/h7-14,22H,6H2,1-5H3,(H,27,29)(H,25,26,28)/t22-/m1/s1. The summed E-state index contributed by atoms with van der Waals surface area (Å²) in [5.41, 5.74) is 4.01. The maximum Gasteiger partial charge on any atom is 0.265 e. The highest BCUT2D eigenvalue weighted by molar-refractivity contribution is 7.92.